The number of nitrogens with zero attached hydrogens (tertiary/aromatic N) is 2. The van der Waals surface area contributed by atoms with Crippen LogP contribution in [0.3, 0.4) is 0 Å². The van der Waals surface area contributed by atoms with Crippen LogP contribution in [0.2, 0.25) is 0 Å². The van der Waals surface area contributed by atoms with Gasteiger partial charge < -0.3 is 56.4 Å². The molecule has 3 aromatic rings. The summed E-state index contributed by atoms with van der Waals surface area (Å²) < 4.78 is 25.8. The number of aromatic nitrogens is 1. The van der Waals surface area contributed by atoms with Gasteiger partial charge >= 0.3 is 5.97 Å². The van der Waals surface area contributed by atoms with Crippen molar-refractivity contribution in [3.63, 3.8) is 0 Å². The monoisotopic (exact) mass is 846 g/mol. The summed E-state index contributed by atoms with van der Waals surface area (Å²) in [6.45, 7) is 2.96. The van der Waals surface area contributed by atoms with Gasteiger partial charge in [0, 0.05) is 69.0 Å². The second-order valence-electron chi connectivity index (χ2n) is 17.1. The fraction of sp³-hybridized carbons (Fsp3) is 0.479. The fourth-order valence-electron chi connectivity index (χ4n) is 9.83. The Kier molecular flexibility index (Phi) is 13.3. The minimum absolute atomic E-state index is 0.0592. The highest BCUT2D eigenvalue weighted by Crippen LogP contribution is 2.50. The van der Waals surface area contributed by atoms with Crippen molar-refractivity contribution >= 4 is 11.9 Å². The number of aliphatic imine (C=N–C) groups is 1. The van der Waals surface area contributed by atoms with Crippen molar-refractivity contribution in [1.82, 2.24) is 15.6 Å². The van der Waals surface area contributed by atoms with Crippen molar-refractivity contribution in [2.45, 2.75) is 102 Å². The van der Waals surface area contributed by atoms with Crippen molar-refractivity contribution in [2.75, 3.05) is 19.7 Å². The maximum absolute atomic E-state index is 12.6. The Morgan fingerprint density at radius 1 is 1.06 bits per heavy atom. The number of phenolic OH excluding ortho intramolecular Hbond substituents is 3. The summed E-state index contributed by atoms with van der Waals surface area (Å²) in [5, 5.41) is 39.4. The fourth-order valence-corrected chi connectivity index (χ4v) is 9.83. The molecule has 0 spiro atoms. The first kappa shape index (κ1) is 42.6. The number of allylic oxidation sites excluding steroid dienone is 2. The van der Waals surface area contributed by atoms with Crippen LogP contribution in [0.15, 0.2) is 83.4 Å². The van der Waals surface area contributed by atoms with Gasteiger partial charge in [0.15, 0.2) is 29.0 Å². The first-order chi connectivity index (χ1) is 30.1. The van der Waals surface area contributed by atoms with Crippen LogP contribution in [0.4, 0.5) is 0 Å². The number of esters is 1. The molecule has 14 nitrogen and oxygen atoms in total. The van der Waals surface area contributed by atoms with Crippen molar-refractivity contribution in [2.24, 2.45) is 40.1 Å². The van der Waals surface area contributed by atoms with E-state index in [-0.39, 0.29) is 77.5 Å². The maximum atomic E-state index is 12.6. The number of hydrogen-bond acceptors (Lipinski definition) is 12. The molecule has 14 heteroatoms. The SMILES string of the molecule is CC(=O)OC1CC(c2cc(O)c(O)c(OCCc3cccnc3)c2)OC2C3Cc4ccc(O)c(c4)OC4CCCC(NC(N)=NCCCC5=CCNC(N)=C5)C4C#CC3CCC12. The number of rotatable bonds is 11. The Balaban J connectivity index is 1.06. The van der Waals surface area contributed by atoms with Gasteiger partial charge in [0.05, 0.1) is 30.6 Å². The number of ether oxygens (including phenoxy) is 4. The number of pyridine rings is 1. The molecule has 2 saturated carbocycles. The van der Waals surface area contributed by atoms with Crippen molar-refractivity contribution in [3.8, 4) is 40.6 Å². The van der Waals surface area contributed by atoms with E-state index in [9.17, 15) is 20.1 Å². The van der Waals surface area contributed by atoms with Gasteiger partial charge in [-0.15, -0.1) is 0 Å². The van der Waals surface area contributed by atoms with Gasteiger partial charge in [0.25, 0.3) is 0 Å². The number of phenols is 3. The molecule has 9 unspecified atom stereocenters. The van der Waals surface area contributed by atoms with Crippen molar-refractivity contribution in [3.05, 3.63) is 95.1 Å². The number of dihydropyridines is 1. The Morgan fingerprint density at radius 2 is 1.95 bits per heavy atom. The highest BCUT2D eigenvalue weighted by molar-refractivity contribution is 5.78. The average Bonchev–Trinajstić information content (AvgIpc) is 3.27. The lowest BCUT2D eigenvalue weighted by Crippen LogP contribution is -2.52. The summed E-state index contributed by atoms with van der Waals surface area (Å²) in [5.41, 5.74) is 16.2. The molecule has 8 rings (SSSR count). The molecule has 9 atom stereocenters. The Bertz CT molecular complexity index is 2240. The normalized spacial score (nSPS) is 28.0. The molecule has 4 heterocycles. The zero-order valence-corrected chi connectivity index (χ0v) is 35.2. The Labute approximate surface area is 362 Å². The molecule has 9 N–H and O–H groups in total. The van der Waals surface area contributed by atoms with Crippen LogP contribution >= 0.6 is 0 Å². The highest BCUT2D eigenvalue weighted by atomic mass is 16.6. The molecule has 2 aromatic carbocycles. The summed E-state index contributed by atoms with van der Waals surface area (Å²) in [5.74, 6) is 7.39. The van der Waals surface area contributed by atoms with Crippen molar-refractivity contribution in [1.29, 1.82) is 0 Å². The number of aromatic hydroxyl groups is 3. The number of fused-ring (bicyclic) bond motifs is 6. The van der Waals surface area contributed by atoms with Crippen LogP contribution in [0.5, 0.6) is 28.7 Å². The van der Waals surface area contributed by atoms with Crippen LogP contribution in [0.25, 0.3) is 0 Å². The van der Waals surface area contributed by atoms with Gasteiger partial charge in [-0.2, -0.15) is 0 Å². The molecule has 62 heavy (non-hydrogen) atoms. The maximum Gasteiger partial charge on any atom is 0.302 e. The molecule has 5 aliphatic rings. The largest absolute Gasteiger partial charge is 0.504 e. The minimum atomic E-state index is -0.596. The van der Waals surface area contributed by atoms with Crippen LogP contribution in [-0.2, 0) is 27.1 Å². The van der Waals surface area contributed by atoms with Crippen LogP contribution in [0.1, 0.15) is 81.1 Å². The molecule has 0 radical (unpaired) electrons. The molecule has 2 bridgehead atoms. The van der Waals surface area contributed by atoms with E-state index >= 15 is 0 Å². The zero-order valence-electron chi connectivity index (χ0n) is 35.2. The Morgan fingerprint density at radius 3 is 2.77 bits per heavy atom. The third kappa shape index (κ3) is 10.2. The first-order valence-electron chi connectivity index (χ1n) is 21.9. The third-order valence-electron chi connectivity index (χ3n) is 12.9. The summed E-state index contributed by atoms with van der Waals surface area (Å²) >= 11 is 0. The average molecular weight is 847 g/mol. The molecule has 0 amide bonds. The predicted molar refractivity (Wildman–Crippen MR) is 233 cm³/mol. The molecular weight excluding hydrogens is 789 g/mol. The number of carbonyl (C=O) groups excluding carboxylic acids is 1. The number of nitrogens with one attached hydrogen (secondary N) is 2. The van der Waals surface area contributed by atoms with Gasteiger partial charge in [0.2, 0.25) is 5.75 Å². The van der Waals surface area contributed by atoms with Gasteiger partial charge in [-0.25, -0.2) is 0 Å². The van der Waals surface area contributed by atoms with E-state index in [1.807, 2.05) is 30.3 Å². The molecule has 3 fully saturated rings. The lowest BCUT2D eigenvalue weighted by molar-refractivity contribution is -0.196. The summed E-state index contributed by atoms with van der Waals surface area (Å²) in [7, 11) is 0. The van der Waals surface area contributed by atoms with E-state index in [1.165, 1.54) is 18.6 Å². The lowest BCUT2D eigenvalue weighted by atomic mass is 9.66. The molecule has 1 saturated heterocycles. The molecule has 2 aliphatic carbocycles. The van der Waals surface area contributed by atoms with Crippen LogP contribution in [0, 0.1) is 35.5 Å². The van der Waals surface area contributed by atoms with E-state index in [4.69, 9.17) is 30.4 Å². The summed E-state index contributed by atoms with van der Waals surface area (Å²) in [4.78, 5) is 21.4. The molecular formula is C48H58N6O8. The van der Waals surface area contributed by atoms with Crippen molar-refractivity contribution < 1.29 is 39.1 Å². The van der Waals surface area contributed by atoms with E-state index in [2.05, 4.69) is 38.5 Å². The minimum Gasteiger partial charge on any atom is -0.504 e. The molecule has 328 valence electrons. The highest BCUT2D eigenvalue weighted by Gasteiger charge is 2.49. The molecule has 3 aliphatic heterocycles. The van der Waals surface area contributed by atoms with Crippen LogP contribution in [-0.4, -0.2) is 76.3 Å². The van der Waals surface area contributed by atoms with E-state index in [1.54, 1.807) is 24.5 Å². The second kappa shape index (κ2) is 19.3. The first-order valence-corrected chi connectivity index (χ1v) is 21.9. The van der Waals surface area contributed by atoms with E-state index < -0.39 is 12.2 Å². The topological polar surface area (TPSA) is 216 Å². The lowest BCUT2D eigenvalue weighted by Gasteiger charge is -2.49. The molecule has 1 aromatic heterocycles. The third-order valence-corrected chi connectivity index (χ3v) is 12.9. The summed E-state index contributed by atoms with van der Waals surface area (Å²) in [6, 6.07) is 12.4. The van der Waals surface area contributed by atoms with E-state index in [0.29, 0.717) is 48.9 Å². The number of carbonyl (C=O) groups is 1. The predicted octanol–water partition coefficient (Wildman–Crippen LogP) is 5.41. The number of nitrogens with two attached hydrogens (primary N) is 2. The Hall–Kier alpha value is -6.07. The number of guanidine groups is 1. The number of hydrogen-bond donors (Lipinski definition) is 7. The van der Waals surface area contributed by atoms with Gasteiger partial charge in [-0.05, 0) is 110 Å². The van der Waals surface area contributed by atoms with Crippen LogP contribution < -0.4 is 31.6 Å². The zero-order chi connectivity index (χ0) is 43.2. The quantitative estimate of drug-likeness (QED) is 0.0321. The van der Waals surface area contributed by atoms with E-state index in [0.717, 1.165) is 62.6 Å². The number of benzene rings is 2. The summed E-state index contributed by atoms with van der Waals surface area (Å²) in [6.07, 6.45) is 13.0. The second-order valence-corrected chi connectivity index (χ2v) is 17.1. The standard InChI is InChI=1S/C48H58N6O8/c1-28(55)60-42-26-41(33-24-39(57)46(58)44(25-33)59-20-16-30-6-3-17-51-27-30)62-47-35(42)13-11-32-10-12-34-37(54-48(50)53-18-4-5-29-15-19-52-45(49)23-29)7-2-8-40(34)61-43-22-31(21-36(32)47)9-14-38(43)56/h3,6,9,14-15,17,22-25,27,32,34-37,40-42,47,52,56-58H,2,4-5,7-8,11,13,16,18-21,26,49H2,1H3,(H3,50,53,54). The van der Waals surface area contributed by atoms with Gasteiger partial charge in [-0.3, -0.25) is 14.8 Å². The smallest absolute Gasteiger partial charge is 0.302 e. The van der Waals surface area contributed by atoms with Gasteiger partial charge in [-0.1, -0.05) is 30.0 Å². The van der Waals surface area contributed by atoms with Gasteiger partial charge in [0.1, 0.15) is 12.2 Å².